The van der Waals surface area contributed by atoms with Crippen LogP contribution >= 0.6 is 0 Å². The van der Waals surface area contributed by atoms with Gasteiger partial charge in [0.25, 0.3) is 5.91 Å². The Morgan fingerprint density at radius 1 is 1.11 bits per heavy atom. The van der Waals surface area contributed by atoms with E-state index < -0.39 is 86.1 Å². The third-order valence-corrected chi connectivity index (χ3v) is 10.9. The van der Waals surface area contributed by atoms with Crippen molar-refractivity contribution in [3.05, 3.63) is 60.5 Å². The highest BCUT2D eigenvalue weighted by atomic mass is 32.2. The fourth-order valence-corrected chi connectivity index (χ4v) is 7.49. The first-order valence-corrected chi connectivity index (χ1v) is 18.8. The predicted molar refractivity (Wildman–Crippen MR) is 188 cm³/mol. The van der Waals surface area contributed by atoms with Crippen LogP contribution in [0.4, 0.5) is 14.0 Å². The molecule has 6 amide bonds. The van der Waals surface area contributed by atoms with Gasteiger partial charge in [-0.25, -0.2) is 22.4 Å². The largest absolute Gasteiger partial charge is 0.444 e. The fraction of sp³-hybridized carbons (Fsp3) is 0.543. The number of nitrogens with zero attached hydrogens (tertiary/aromatic N) is 2. The first-order chi connectivity index (χ1) is 24.8. The Hall–Kier alpha value is -5.00. The Labute approximate surface area is 307 Å². The fourth-order valence-electron chi connectivity index (χ4n) is 6.12. The van der Waals surface area contributed by atoms with Crippen molar-refractivity contribution in [2.75, 3.05) is 13.1 Å². The molecule has 4 atom stereocenters. The van der Waals surface area contributed by atoms with Crippen molar-refractivity contribution < 1.29 is 51.0 Å². The Kier molecular flexibility index (Phi) is 12.6. The van der Waals surface area contributed by atoms with Gasteiger partial charge in [-0.2, -0.15) is 0 Å². The Morgan fingerprint density at radius 2 is 1.81 bits per heavy atom. The van der Waals surface area contributed by atoms with Gasteiger partial charge in [0.05, 0.1) is 18.3 Å². The van der Waals surface area contributed by atoms with Gasteiger partial charge in [0.1, 0.15) is 29.1 Å². The van der Waals surface area contributed by atoms with E-state index in [1.165, 1.54) is 21.9 Å². The van der Waals surface area contributed by atoms with Gasteiger partial charge < -0.3 is 30.7 Å². The van der Waals surface area contributed by atoms with Crippen LogP contribution in [0, 0.1) is 11.7 Å². The molecule has 0 radical (unpaired) electrons. The number of primary amides is 1. The number of hydrogen-bond donors (Lipinski definition) is 4. The van der Waals surface area contributed by atoms with Crippen molar-refractivity contribution in [2.24, 2.45) is 11.7 Å². The zero-order valence-electron chi connectivity index (χ0n) is 30.0. The van der Waals surface area contributed by atoms with E-state index in [1.54, 1.807) is 32.9 Å². The van der Waals surface area contributed by atoms with Crippen molar-refractivity contribution >= 4 is 45.8 Å². The molecular weight excluding hydrogens is 715 g/mol. The highest BCUT2D eigenvalue weighted by Gasteiger charge is 2.62. The molecule has 1 aromatic rings. The smallest absolute Gasteiger partial charge is 0.410 e. The molecule has 3 fully saturated rings. The van der Waals surface area contributed by atoms with Crippen molar-refractivity contribution in [2.45, 2.75) is 101 Å². The molecule has 4 aliphatic rings. The molecule has 16 nitrogen and oxygen atoms in total. The number of carbonyl (C=O) groups is 6. The molecule has 1 saturated heterocycles. The second-order valence-corrected chi connectivity index (χ2v) is 16.3. The first-order valence-electron chi connectivity index (χ1n) is 17.2. The molecule has 53 heavy (non-hydrogen) atoms. The van der Waals surface area contributed by atoms with Gasteiger partial charge in [-0.15, -0.1) is 6.58 Å². The number of carbonyl (C=O) groups excluding carboxylic acids is 6. The zero-order valence-corrected chi connectivity index (χ0v) is 30.8. The Bertz CT molecular complexity index is 1760. The minimum Gasteiger partial charge on any atom is -0.444 e. The third-order valence-electron chi connectivity index (χ3n) is 9.05. The van der Waals surface area contributed by atoms with Crippen molar-refractivity contribution in [3.8, 4) is 0 Å². The summed E-state index contributed by atoms with van der Waals surface area (Å²) in [6, 6.07) is 3.45. The number of sulfonamides is 1. The molecular formula is C35H47FN6O10S. The average Bonchev–Trinajstić information content (AvgIpc) is 3.96. The minimum atomic E-state index is -3.89. The Morgan fingerprint density at radius 3 is 2.36 bits per heavy atom. The van der Waals surface area contributed by atoms with Gasteiger partial charge >= 0.3 is 12.2 Å². The lowest BCUT2D eigenvalue weighted by Crippen LogP contribution is -2.56. The molecule has 2 aliphatic carbocycles. The summed E-state index contributed by atoms with van der Waals surface area (Å²) in [4.78, 5) is 77.3. The van der Waals surface area contributed by atoms with Crippen LogP contribution in [0.2, 0.25) is 0 Å². The van der Waals surface area contributed by atoms with Crippen LogP contribution in [0.25, 0.3) is 0 Å². The standard InChI is InChI=1S/C30H36FN5O8S.C5H11NO2/c1-3-19-14-30(19,28(40)34-45(42,43)21-10-11-21)33-27(39)24-13-20(16-36(24)26(38)9-6-12-32-25(37)4-2)44-29(41)35-15-18-7-5-8-23(31)22(18)17-35;1-5(2,3)8-4(6)7/h3-5,7-8,19-21,24H,1-2,6,9-17H2,(H,32,37)(H,33,39)(H,34,40);1-3H3,(H2,6,7)/t19-,20-,24+,30-;/m1./s1. The normalized spacial score (nSPS) is 23.0. The number of nitrogens with two attached hydrogens (primary N) is 1. The van der Waals surface area contributed by atoms with Gasteiger partial charge in [-0.05, 0) is 64.2 Å². The van der Waals surface area contributed by atoms with Crippen molar-refractivity contribution in [1.82, 2.24) is 25.2 Å². The quantitative estimate of drug-likeness (QED) is 0.138. The summed E-state index contributed by atoms with van der Waals surface area (Å²) in [5.74, 6) is -3.37. The van der Waals surface area contributed by atoms with Crippen LogP contribution in [-0.4, -0.2) is 95.7 Å². The molecule has 0 unspecified atom stereocenters. The number of ether oxygens (including phenoxy) is 2. The number of fused-ring (bicyclic) bond motifs is 1. The molecule has 290 valence electrons. The minimum absolute atomic E-state index is 0.0148. The lowest BCUT2D eigenvalue weighted by Gasteiger charge is -2.26. The summed E-state index contributed by atoms with van der Waals surface area (Å²) in [7, 11) is -3.89. The summed E-state index contributed by atoms with van der Waals surface area (Å²) in [5, 5.41) is 4.60. The molecule has 0 bridgehead atoms. The van der Waals surface area contributed by atoms with E-state index in [2.05, 4.69) is 33.3 Å². The molecule has 18 heteroatoms. The molecule has 5 N–H and O–H groups in total. The van der Waals surface area contributed by atoms with E-state index in [9.17, 15) is 41.6 Å². The second kappa shape index (κ2) is 16.3. The lowest BCUT2D eigenvalue weighted by atomic mass is 10.1. The van der Waals surface area contributed by atoms with Gasteiger partial charge in [-0.3, -0.25) is 28.8 Å². The van der Waals surface area contributed by atoms with Gasteiger partial charge in [0.2, 0.25) is 27.7 Å². The van der Waals surface area contributed by atoms with Gasteiger partial charge in [-0.1, -0.05) is 24.8 Å². The highest BCUT2D eigenvalue weighted by molar-refractivity contribution is 7.91. The number of rotatable bonds is 12. The van der Waals surface area contributed by atoms with Crippen molar-refractivity contribution in [3.63, 3.8) is 0 Å². The summed E-state index contributed by atoms with van der Waals surface area (Å²) < 4.78 is 51.5. The number of halogens is 1. The molecule has 2 saturated carbocycles. The van der Waals surface area contributed by atoms with E-state index in [0.29, 0.717) is 24.0 Å². The summed E-state index contributed by atoms with van der Waals surface area (Å²) in [6.07, 6.45) is 1.38. The maximum absolute atomic E-state index is 14.2. The number of likely N-dealkylation sites (tertiary alicyclic amines) is 1. The summed E-state index contributed by atoms with van der Waals surface area (Å²) in [5.41, 5.74) is 3.77. The maximum Gasteiger partial charge on any atom is 0.410 e. The van der Waals surface area contributed by atoms with E-state index in [1.807, 2.05) is 0 Å². The topological polar surface area (TPSA) is 224 Å². The van der Waals surface area contributed by atoms with Gasteiger partial charge in [0, 0.05) is 37.4 Å². The number of amides is 6. The summed E-state index contributed by atoms with van der Waals surface area (Å²) in [6.45, 7) is 12.6. The molecule has 0 aromatic heterocycles. The first kappa shape index (κ1) is 40.8. The Balaban J connectivity index is 0.000000703. The maximum atomic E-state index is 14.2. The third kappa shape index (κ3) is 10.5. The number of benzene rings is 1. The molecule has 1 aromatic carbocycles. The lowest BCUT2D eigenvalue weighted by molar-refractivity contribution is -0.139. The molecule has 2 heterocycles. The van der Waals surface area contributed by atoms with E-state index in [0.717, 1.165) is 6.08 Å². The zero-order chi connectivity index (χ0) is 39.3. The van der Waals surface area contributed by atoms with E-state index in [-0.39, 0.29) is 51.9 Å². The average molecular weight is 763 g/mol. The SMILES string of the molecule is C=CC(=O)NCCCC(=O)N1C[C@H](OC(=O)N2Cc3cccc(F)c3C2)C[C@H]1C(=O)N[C@]1(C(=O)NS(=O)(=O)C2CC2)C[C@H]1C=C.CC(C)(C)OC(N)=O. The predicted octanol–water partition coefficient (Wildman–Crippen LogP) is 1.88. The van der Waals surface area contributed by atoms with Crippen LogP contribution in [-0.2, 0) is 51.8 Å². The van der Waals surface area contributed by atoms with Crippen LogP contribution in [0.1, 0.15) is 70.4 Å². The van der Waals surface area contributed by atoms with Crippen LogP contribution < -0.4 is 21.1 Å². The second-order valence-electron chi connectivity index (χ2n) is 14.4. The van der Waals surface area contributed by atoms with Gasteiger partial charge in [0.15, 0.2) is 0 Å². The van der Waals surface area contributed by atoms with E-state index >= 15 is 0 Å². The van der Waals surface area contributed by atoms with Crippen LogP contribution in [0.15, 0.2) is 43.5 Å². The monoisotopic (exact) mass is 762 g/mol. The number of nitrogens with one attached hydrogen (secondary N) is 3. The molecule has 5 rings (SSSR count). The highest BCUT2D eigenvalue weighted by Crippen LogP contribution is 2.45. The van der Waals surface area contributed by atoms with Crippen LogP contribution in [0.3, 0.4) is 0 Å². The number of hydrogen-bond acceptors (Lipinski definition) is 10. The summed E-state index contributed by atoms with van der Waals surface area (Å²) >= 11 is 0. The molecule has 0 spiro atoms. The van der Waals surface area contributed by atoms with Crippen LogP contribution in [0.5, 0.6) is 0 Å². The van der Waals surface area contributed by atoms with Crippen molar-refractivity contribution in [1.29, 1.82) is 0 Å². The van der Waals surface area contributed by atoms with E-state index in [4.69, 9.17) is 10.5 Å². The molecule has 2 aliphatic heterocycles.